The summed E-state index contributed by atoms with van der Waals surface area (Å²) in [6.45, 7) is 7.63. The van der Waals surface area contributed by atoms with Gasteiger partial charge >= 0.3 is 0 Å². The molecule has 126 valence electrons. The van der Waals surface area contributed by atoms with Crippen LogP contribution in [0.4, 0.5) is 0 Å². The maximum absolute atomic E-state index is 12.8. The van der Waals surface area contributed by atoms with E-state index in [0.29, 0.717) is 0 Å². The van der Waals surface area contributed by atoms with E-state index in [9.17, 15) is 9.59 Å². The zero-order valence-electron chi connectivity index (χ0n) is 14.3. The third kappa shape index (κ3) is 2.86. The minimum atomic E-state index is -0.224. The Morgan fingerprint density at radius 2 is 2.13 bits per heavy atom. The largest absolute Gasteiger partial charge is 0.336 e. The maximum atomic E-state index is 12.8. The number of aryl methyl sites for hydroxylation is 1. The van der Waals surface area contributed by atoms with Crippen molar-refractivity contribution in [1.29, 1.82) is 0 Å². The van der Waals surface area contributed by atoms with Crippen molar-refractivity contribution < 1.29 is 9.59 Å². The average Bonchev–Trinajstić information content (AvgIpc) is 2.90. The van der Waals surface area contributed by atoms with Gasteiger partial charge in [0.25, 0.3) is 0 Å². The van der Waals surface area contributed by atoms with Crippen LogP contribution in [0.15, 0.2) is 12.4 Å². The van der Waals surface area contributed by atoms with Crippen LogP contribution in [0.2, 0.25) is 0 Å². The van der Waals surface area contributed by atoms with Crippen LogP contribution >= 0.6 is 0 Å². The highest BCUT2D eigenvalue weighted by molar-refractivity contribution is 5.78. The van der Waals surface area contributed by atoms with Crippen LogP contribution < -0.4 is 0 Å². The van der Waals surface area contributed by atoms with Gasteiger partial charge in [-0.05, 0) is 45.1 Å². The Morgan fingerprint density at radius 1 is 1.35 bits per heavy atom. The van der Waals surface area contributed by atoms with Gasteiger partial charge in [0.1, 0.15) is 6.54 Å². The van der Waals surface area contributed by atoms with Crippen molar-refractivity contribution in [2.45, 2.75) is 64.6 Å². The quantitative estimate of drug-likeness (QED) is 0.832. The van der Waals surface area contributed by atoms with Gasteiger partial charge in [0, 0.05) is 26.2 Å². The molecule has 2 saturated heterocycles. The lowest BCUT2D eigenvalue weighted by molar-refractivity contribution is -0.155. The molecule has 0 aromatic carbocycles. The normalized spacial score (nSPS) is 27.7. The predicted octanol–water partition coefficient (Wildman–Crippen LogP) is 1.58. The second-order valence-electron chi connectivity index (χ2n) is 7.09. The highest BCUT2D eigenvalue weighted by atomic mass is 16.2. The van der Waals surface area contributed by atoms with E-state index in [1.54, 1.807) is 17.8 Å². The van der Waals surface area contributed by atoms with Gasteiger partial charge in [-0.15, -0.1) is 0 Å². The molecule has 0 bridgehead atoms. The van der Waals surface area contributed by atoms with Gasteiger partial charge in [-0.25, -0.2) is 0 Å². The van der Waals surface area contributed by atoms with E-state index in [1.165, 1.54) is 0 Å². The van der Waals surface area contributed by atoms with E-state index in [2.05, 4.69) is 12.0 Å². The minimum absolute atomic E-state index is 0.106. The summed E-state index contributed by atoms with van der Waals surface area (Å²) < 4.78 is 1.70. The number of aromatic nitrogens is 2. The molecule has 2 fully saturated rings. The zero-order chi connectivity index (χ0) is 16.6. The molecule has 3 rings (SSSR count). The summed E-state index contributed by atoms with van der Waals surface area (Å²) in [5, 5.41) is 4.22. The molecule has 2 aliphatic rings. The first kappa shape index (κ1) is 16.0. The van der Waals surface area contributed by atoms with Crippen LogP contribution in [0.3, 0.4) is 0 Å². The fourth-order valence-corrected chi connectivity index (χ4v) is 4.34. The van der Waals surface area contributed by atoms with Crippen molar-refractivity contribution in [3.05, 3.63) is 18.0 Å². The molecular weight excluding hydrogens is 292 g/mol. The third-order valence-electron chi connectivity index (χ3n) is 5.41. The SMILES string of the molecule is CC(=O)N1CCC[C@@H]2N(C(=O)Cn3cc(C)cn3)CCC[C@@]21C. The number of nitrogens with zero attached hydrogens (tertiary/aromatic N) is 4. The Labute approximate surface area is 137 Å². The van der Waals surface area contributed by atoms with Crippen molar-refractivity contribution in [3.8, 4) is 0 Å². The highest BCUT2D eigenvalue weighted by Crippen LogP contribution is 2.39. The lowest BCUT2D eigenvalue weighted by Crippen LogP contribution is -2.68. The van der Waals surface area contributed by atoms with Gasteiger partial charge in [0.15, 0.2) is 0 Å². The van der Waals surface area contributed by atoms with E-state index in [0.717, 1.165) is 44.3 Å². The Balaban J connectivity index is 1.79. The Morgan fingerprint density at radius 3 is 2.78 bits per heavy atom. The number of fused-ring (bicyclic) bond motifs is 1. The van der Waals surface area contributed by atoms with Gasteiger partial charge in [-0.1, -0.05) is 0 Å². The molecule has 1 aromatic rings. The van der Waals surface area contributed by atoms with Crippen molar-refractivity contribution >= 4 is 11.8 Å². The number of piperidine rings is 2. The van der Waals surface area contributed by atoms with E-state index in [-0.39, 0.29) is 29.9 Å². The van der Waals surface area contributed by atoms with E-state index in [1.807, 2.05) is 22.9 Å². The van der Waals surface area contributed by atoms with Gasteiger partial charge < -0.3 is 9.80 Å². The number of carbonyl (C=O) groups excluding carboxylic acids is 2. The zero-order valence-corrected chi connectivity index (χ0v) is 14.3. The molecule has 0 spiro atoms. The Bertz CT molecular complexity index is 611. The molecule has 0 saturated carbocycles. The van der Waals surface area contributed by atoms with E-state index >= 15 is 0 Å². The van der Waals surface area contributed by atoms with E-state index < -0.39 is 0 Å². The first-order chi connectivity index (χ1) is 10.9. The molecule has 2 atom stereocenters. The molecule has 6 heteroatoms. The smallest absolute Gasteiger partial charge is 0.244 e. The molecule has 2 amide bonds. The minimum Gasteiger partial charge on any atom is -0.336 e. The van der Waals surface area contributed by atoms with Gasteiger partial charge in [-0.2, -0.15) is 5.10 Å². The molecule has 0 aliphatic carbocycles. The van der Waals surface area contributed by atoms with Crippen LogP contribution in [-0.2, 0) is 16.1 Å². The van der Waals surface area contributed by atoms with Gasteiger partial charge in [-0.3, -0.25) is 14.3 Å². The molecular formula is C17H26N4O2. The summed E-state index contributed by atoms with van der Waals surface area (Å²) in [7, 11) is 0. The fraction of sp³-hybridized carbons (Fsp3) is 0.706. The standard InChI is InChI=1S/C17H26N4O2/c1-13-10-18-19(11-13)12-16(23)20-8-5-7-17(3)15(20)6-4-9-21(17)14(2)22/h10-11,15H,4-9,12H2,1-3H3/t15-,17-/m0/s1. The van der Waals surface area contributed by atoms with E-state index in [4.69, 9.17) is 0 Å². The van der Waals surface area contributed by atoms with Gasteiger partial charge in [0.05, 0.1) is 17.8 Å². The summed E-state index contributed by atoms with van der Waals surface area (Å²) in [6.07, 6.45) is 7.52. The number of hydrogen-bond donors (Lipinski definition) is 0. The maximum Gasteiger partial charge on any atom is 0.244 e. The number of carbonyl (C=O) groups is 2. The topological polar surface area (TPSA) is 58.4 Å². The van der Waals surface area contributed by atoms with Crippen molar-refractivity contribution in [2.24, 2.45) is 0 Å². The monoisotopic (exact) mass is 318 g/mol. The van der Waals surface area contributed by atoms with Crippen molar-refractivity contribution in [3.63, 3.8) is 0 Å². The molecule has 0 N–H and O–H groups in total. The fourth-order valence-electron chi connectivity index (χ4n) is 4.34. The number of amides is 2. The summed E-state index contributed by atoms with van der Waals surface area (Å²) in [5.41, 5.74) is 0.833. The molecule has 3 heterocycles. The molecule has 1 aromatic heterocycles. The highest BCUT2D eigenvalue weighted by Gasteiger charge is 2.49. The summed E-state index contributed by atoms with van der Waals surface area (Å²) in [4.78, 5) is 28.8. The van der Waals surface area contributed by atoms with Crippen molar-refractivity contribution in [2.75, 3.05) is 13.1 Å². The molecule has 23 heavy (non-hydrogen) atoms. The summed E-state index contributed by atoms with van der Waals surface area (Å²) in [6, 6.07) is 0.123. The van der Waals surface area contributed by atoms with Crippen LogP contribution in [0.5, 0.6) is 0 Å². The Kier molecular flexibility index (Phi) is 4.17. The molecule has 0 unspecified atom stereocenters. The Hall–Kier alpha value is -1.85. The number of hydrogen-bond acceptors (Lipinski definition) is 3. The van der Waals surface area contributed by atoms with Crippen molar-refractivity contribution in [1.82, 2.24) is 19.6 Å². The van der Waals surface area contributed by atoms with Crippen LogP contribution in [-0.4, -0.2) is 56.1 Å². The predicted molar refractivity (Wildman–Crippen MR) is 86.7 cm³/mol. The lowest BCUT2D eigenvalue weighted by Gasteiger charge is -2.56. The lowest BCUT2D eigenvalue weighted by atomic mass is 9.76. The van der Waals surface area contributed by atoms with Gasteiger partial charge in [0.2, 0.25) is 11.8 Å². The van der Waals surface area contributed by atoms with Crippen LogP contribution in [0.1, 0.15) is 45.1 Å². The number of likely N-dealkylation sites (tertiary alicyclic amines) is 2. The molecule has 2 aliphatic heterocycles. The van der Waals surface area contributed by atoms with Crippen LogP contribution in [0, 0.1) is 6.92 Å². The molecule has 0 radical (unpaired) electrons. The summed E-state index contributed by atoms with van der Waals surface area (Å²) in [5.74, 6) is 0.226. The second-order valence-corrected chi connectivity index (χ2v) is 7.09. The van der Waals surface area contributed by atoms with Crippen LogP contribution in [0.25, 0.3) is 0 Å². The second kappa shape index (κ2) is 5.98. The summed E-state index contributed by atoms with van der Waals surface area (Å²) >= 11 is 0. The molecule has 6 nitrogen and oxygen atoms in total. The average molecular weight is 318 g/mol. The number of rotatable bonds is 2. The first-order valence-corrected chi connectivity index (χ1v) is 8.48. The third-order valence-corrected chi connectivity index (χ3v) is 5.41. The first-order valence-electron chi connectivity index (χ1n) is 8.48.